The summed E-state index contributed by atoms with van der Waals surface area (Å²) in [4.78, 5) is 12.9. The number of nitrogens with one attached hydrogen (secondary N) is 1. The van der Waals surface area contributed by atoms with Gasteiger partial charge in [0.05, 0.1) is 17.1 Å². The number of para-hydroxylation sites is 1. The molecule has 0 aliphatic carbocycles. The third-order valence-electron chi connectivity index (χ3n) is 5.22. The minimum atomic E-state index is -3.94. The van der Waals surface area contributed by atoms with Gasteiger partial charge in [0.15, 0.2) is 0 Å². The molecular weight excluding hydrogens is 436 g/mol. The number of rotatable bonds is 10. The molecule has 3 aromatic carbocycles. The van der Waals surface area contributed by atoms with Gasteiger partial charge < -0.3 is 10.1 Å². The first-order valence-corrected chi connectivity index (χ1v) is 12.4. The number of carbonyl (C=O) groups excluding carboxylic acids is 1. The van der Waals surface area contributed by atoms with Gasteiger partial charge in [0, 0.05) is 0 Å². The number of hydrogen-bond acceptors (Lipinski definition) is 4. The quantitative estimate of drug-likeness (QED) is 0.453. The van der Waals surface area contributed by atoms with Crippen LogP contribution in [0.15, 0.2) is 77.7 Å². The van der Waals surface area contributed by atoms with E-state index in [1.54, 1.807) is 36.4 Å². The Morgan fingerprint density at radius 2 is 1.67 bits per heavy atom. The highest BCUT2D eigenvalue weighted by molar-refractivity contribution is 7.92. The zero-order valence-corrected chi connectivity index (χ0v) is 20.1. The fourth-order valence-corrected chi connectivity index (χ4v) is 4.90. The molecular formula is C26H30N2O4S. The molecule has 0 fully saturated rings. The molecule has 0 radical (unpaired) electrons. The van der Waals surface area contributed by atoms with Crippen molar-refractivity contribution in [3.63, 3.8) is 0 Å². The molecule has 0 saturated carbocycles. The summed E-state index contributed by atoms with van der Waals surface area (Å²) in [6, 6.07) is 21.5. The predicted molar refractivity (Wildman–Crippen MR) is 131 cm³/mol. The van der Waals surface area contributed by atoms with Crippen molar-refractivity contribution in [2.45, 2.75) is 32.1 Å². The van der Waals surface area contributed by atoms with E-state index in [0.717, 1.165) is 22.4 Å². The summed E-state index contributed by atoms with van der Waals surface area (Å²) in [6.45, 7) is 6.06. The van der Waals surface area contributed by atoms with E-state index in [1.165, 1.54) is 4.31 Å². The first-order valence-electron chi connectivity index (χ1n) is 10.9. The maximum absolute atomic E-state index is 13.5. The van der Waals surface area contributed by atoms with Crippen molar-refractivity contribution in [2.75, 3.05) is 24.0 Å². The fourth-order valence-electron chi connectivity index (χ4n) is 3.44. The molecule has 0 aliphatic rings. The topological polar surface area (TPSA) is 75.7 Å². The van der Waals surface area contributed by atoms with Crippen LogP contribution in [0.25, 0.3) is 0 Å². The summed E-state index contributed by atoms with van der Waals surface area (Å²) in [5.41, 5.74) is 3.40. The highest BCUT2D eigenvalue weighted by Crippen LogP contribution is 2.27. The molecule has 1 amide bonds. The molecule has 33 heavy (non-hydrogen) atoms. The van der Waals surface area contributed by atoms with E-state index in [4.69, 9.17) is 4.74 Å². The molecule has 0 aliphatic heterocycles. The van der Waals surface area contributed by atoms with E-state index >= 15 is 0 Å². The van der Waals surface area contributed by atoms with Gasteiger partial charge in [0.2, 0.25) is 5.91 Å². The van der Waals surface area contributed by atoms with Gasteiger partial charge in [-0.1, -0.05) is 55.0 Å². The van der Waals surface area contributed by atoms with Crippen molar-refractivity contribution in [2.24, 2.45) is 0 Å². The summed E-state index contributed by atoms with van der Waals surface area (Å²) in [5.74, 6) is 0.328. The van der Waals surface area contributed by atoms with Gasteiger partial charge in [-0.05, 0) is 61.7 Å². The van der Waals surface area contributed by atoms with Gasteiger partial charge in [-0.3, -0.25) is 9.10 Å². The van der Waals surface area contributed by atoms with Crippen LogP contribution in [0, 0.1) is 13.8 Å². The number of carbonyl (C=O) groups is 1. The van der Waals surface area contributed by atoms with Crippen molar-refractivity contribution in [3.05, 3.63) is 89.5 Å². The summed E-state index contributed by atoms with van der Waals surface area (Å²) in [7, 11) is -3.94. The summed E-state index contributed by atoms with van der Waals surface area (Å²) in [6.07, 6.45) is 0.641. The third-order valence-corrected chi connectivity index (χ3v) is 6.99. The van der Waals surface area contributed by atoms with E-state index in [-0.39, 0.29) is 24.6 Å². The smallest absolute Gasteiger partial charge is 0.264 e. The number of sulfonamides is 1. The van der Waals surface area contributed by atoms with Gasteiger partial charge in [-0.2, -0.15) is 0 Å². The lowest BCUT2D eigenvalue weighted by molar-refractivity contribution is -0.119. The van der Waals surface area contributed by atoms with Gasteiger partial charge in [0.25, 0.3) is 10.0 Å². The normalized spacial score (nSPS) is 11.1. The lowest BCUT2D eigenvalue weighted by Crippen LogP contribution is -2.42. The lowest BCUT2D eigenvalue weighted by Gasteiger charge is -2.26. The Morgan fingerprint density at radius 3 is 2.36 bits per heavy atom. The van der Waals surface area contributed by atoms with E-state index < -0.39 is 15.9 Å². The van der Waals surface area contributed by atoms with Crippen molar-refractivity contribution >= 4 is 21.6 Å². The maximum Gasteiger partial charge on any atom is 0.264 e. The molecule has 0 bridgehead atoms. The molecule has 174 valence electrons. The van der Waals surface area contributed by atoms with Crippen LogP contribution >= 0.6 is 0 Å². The molecule has 3 aromatic rings. The highest BCUT2D eigenvalue weighted by Gasteiger charge is 2.28. The number of benzene rings is 3. The van der Waals surface area contributed by atoms with E-state index in [2.05, 4.69) is 5.32 Å². The van der Waals surface area contributed by atoms with Crippen LogP contribution in [0.5, 0.6) is 5.75 Å². The standard InChI is InChI=1S/C26H30N2O4S/c1-4-22-9-5-6-11-25(22)28(33(30,31)24-14-12-20(2)13-15-24)19-26(29)27-16-17-32-23-10-7-8-21(3)18-23/h5-15,18H,4,16-17,19H2,1-3H3,(H,27,29). The van der Waals surface area contributed by atoms with E-state index in [0.29, 0.717) is 12.1 Å². The molecule has 0 heterocycles. The minimum absolute atomic E-state index is 0.148. The minimum Gasteiger partial charge on any atom is -0.492 e. The Balaban J connectivity index is 1.75. The Morgan fingerprint density at radius 1 is 0.939 bits per heavy atom. The molecule has 0 spiro atoms. The van der Waals surface area contributed by atoms with Crippen LogP contribution in [0.2, 0.25) is 0 Å². The molecule has 0 atom stereocenters. The lowest BCUT2D eigenvalue weighted by atomic mass is 10.1. The van der Waals surface area contributed by atoms with Crippen LogP contribution in [-0.2, 0) is 21.2 Å². The second-order valence-corrected chi connectivity index (χ2v) is 9.68. The monoisotopic (exact) mass is 466 g/mol. The van der Waals surface area contributed by atoms with Crippen molar-refractivity contribution in [1.82, 2.24) is 5.32 Å². The second kappa shape index (κ2) is 11.0. The SMILES string of the molecule is CCc1ccccc1N(CC(=O)NCCOc1cccc(C)c1)S(=O)(=O)c1ccc(C)cc1. The Bertz CT molecular complexity index is 1190. The third kappa shape index (κ3) is 6.35. The van der Waals surface area contributed by atoms with Crippen molar-refractivity contribution < 1.29 is 17.9 Å². The number of anilines is 1. The number of ether oxygens (including phenoxy) is 1. The second-order valence-electron chi connectivity index (χ2n) is 7.82. The first kappa shape index (κ1) is 24.3. The summed E-state index contributed by atoms with van der Waals surface area (Å²) < 4.78 is 33.9. The Hall–Kier alpha value is -3.32. The first-order chi connectivity index (χ1) is 15.8. The molecule has 1 N–H and O–H groups in total. The van der Waals surface area contributed by atoms with Crippen LogP contribution < -0.4 is 14.4 Å². The number of hydrogen-bond donors (Lipinski definition) is 1. The maximum atomic E-state index is 13.5. The molecule has 0 saturated heterocycles. The zero-order valence-electron chi connectivity index (χ0n) is 19.2. The van der Waals surface area contributed by atoms with Crippen LogP contribution in [0.1, 0.15) is 23.6 Å². The predicted octanol–water partition coefficient (Wildman–Crippen LogP) is 4.26. The number of amides is 1. The number of nitrogens with zero attached hydrogens (tertiary/aromatic N) is 1. The van der Waals surface area contributed by atoms with Crippen LogP contribution in [-0.4, -0.2) is 34.0 Å². The average molecular weight is 467 g/mol. The molecule has 7 heteroatoms. The highest BCUT2D eigenvalue weighted by atomic mass is 32.2. The number of aryl methyl sites for hydroxylation is 3. The largest absolute Gasteiger partial charge is 0.492 e. The van der Waals surface area contributed by atoms with Gasteiger partial charge in [0.1, 0.15) is 18.9 Å². The average Bonchev–Trinajstić information content (AvgIpc) is 2.80. The van der Waals surface area contributed by atoms with E-state index in [9.17, 15) is 13.2 Å². The summed E-state index contributed by atoms with van der Waals surface area (Å²) >= 11 is 0. The molecule has 0 aromatic heterocycles. The van der Waals surface area contributed by atoms with Crippen molar-refractivity contribution in [1.29, 1.82) is 0 Å². The van der Waals surface area contributed by atoms with Gasteiger partial charge in [-0.15, -0.1) is 0 Å². The Labute approximate surface area is 196 Å². The van der Waals surface area contributed by atoms with Crippen molar-refractivity contribution in [3.8, 4) is 5.75 Å². The van der Waals surface area contributed by atoms with Crippen LogP contribution in [0.3, 0.4) is 0 Å². The van der Waals surface area contributed by atoms with Gasteiger partial charge >= 0.3 is 0 Å². The van der Waals surface area contributed by atoms with E-state index in [1.807, 2.05) is 57.2 Å². The fraction of sp³-hybridized carbons (Fsp3) is 0.269. The van der Waals surface area contributed by atoms with Gasteiger partial charge in [-0.25, -0.2) is 8.42 Å². The molecule has 6 nitrogen and oxygen atoms in total. The molecule has 0 unspecified atom stereocenters. The van der Waals surface area contributed by atoms with Crippen LogP contribution in [0.4, 0.5) is 5.69 Å². The zero-order chi connectivity index (χ0) is 23.8. The summed E-state index contributed by atoms with van der Waals surface area (Å²) in [5, 5.41) is 2.77. The Kier molecular flexibility index (Phi) is 8.11. The molecule has 3 rings (SSSR count).